The van der Waals surface area contributed by atoms with Crippen LogP contribution in [0.2, 0.25) is 0 Å². The highest BCUT2D eigenvalue weighted by molar-refractivity contribution is 5.87. The molecule has 0 aromatic carbocycles. The van der Waals surface area contributed by atoms with Crippen molar-refractivity contribution in [1.29, 1.82) is 0 Å². The molecule has 2 aromatic rings. The molecule has 3 rings (SSSR count). The molecular weight excluding hydrogens is 366 g/mol. The lowest BCUT2D eigenvalue weighted by Gasteiger charge is -2.33. The van der Waals surface area contributed by atoms with E-state index in [0.29, 0.717) is 18.8 Å². The topological polar surface area (TPSA) is 90.1 Å². The predicted molar refractivity (Wildman–Crippen MR) is 116 cm³/mol. The number of rotatable bonds is 7. The minimum atomic E-state index is -0.157. The Bertz CT molecular complexity index is 921. The number of nitrogens with zero attached hydrogens (tertiary/aromatic N) is 2. The van der Waals surface area contributed by atoms with E-state index in [2.05, 4.69) is 27.5 Å². The van der Waals surface area contributed by atoms with Gasteiger partial charge in [0.1, 0.15) is 5.69 Å². The van der Waals surface area contributed by atoms with Gasteiger partial charge in [0.15, 0.2) is 0 Å². The van der Waals surface area contributed by atoms with E-state index >= 15 is 0 Å². The van der Waals surface area contributed by atoms with Crippen LogP contribution in [0, 0.1) is 0 Å². The van der Waals surface area contributed by atoms with Crippen LogP contribution in [0.15, 0.2) is 47.5 Å². The van der Waals surface area contributed by atoms with E-state index in [1.807, 2.05) is 36.2 Å². The van der Waals surface area contributed by atoms with Crippen molar-refractivity contribution in [2.75, 3.05) is 32.0 Å². The second kappa shape index (κ2) is 10.0. The van der Waals surface area contributed by atoms with Crippen LogP contribution in [0.25, 0.3) is 11.1 Å². The summed E-state index contributed by atoms with van der Waals surface area (Å²) in [5.41, 5.74) is 3.34. The number of aromatic nitrogens is 2. The van der Waals surface area contributed by atoms with Crippen LogP contribution < -0.4 is 16.2 Å². The zero-order valence-electron chi connectivity index (χ0n) is 17.1. The largest absolute Gasteiger partial charge is 0.376 e. The molecule has 29 heavy (non-hydrogen) atoms. The lowest BCUT2D eigenvalue weighted by molar-refractivity contribution is -0.127. The van der Waals surface area contributed by atoms with E-state index in [1.54, 1.807) is 18.5 Å². The molecule has 0 spiro atoms. The Balaban J connectivity index is 1.72. The lowest BCUT2D eigenvalue weighted by Crippen LogP contribution is -2.45. The van der Waals surface area contributed by atoms with Crippen molar-refractivity contribution in [2.24, 2.45) is 0 Å². The summed E-state index contributed by atoms with van der Waals surface area (Å²) < 4.78 is 0. The zero-order valence-corrected chi connectivity index (χ0v) is 17.1. The molecule has 154 valence electrons. The Kier molecular flexibility index (Phi) is 7.19. The molecule has 2 aromatic heterocycles. The summed E-state index contributed by atoms with van der Waals surface area (Å²) in [6.45, 7) is 4.06. The van der Waals surface area contributed by atoms with Gasteiger partial charge in [-0.1, -0.05) is 13.0 Å². The fourth-order valence-electron chi connectivity index (χ4n) is 3.51. The van der Waals surface area contributed by atoms with Crippen molar-refractivity contribution in [1.82, 2.24) is 20.2 Å². The minimum Gasteiger partial charge on any atom is -0.376 e. The number of amides is 1. The van der Waals surface area contributed by atoms with Gasteiger partial charge in [0.2, 0.25) is 5.91 Å². The maximum absolute atomic E-state index is 12.4. The van der Waals surface area contributed by atoms with Gasteiger partial charge in [-0.3, -0.25) is 14.6 Å². The van der Waals surface area contributed by atoms with Gasteiger partial charge in [0, 0.05) is 55.4 Å². The molecule has 1 amide bonds. The first-order valence-electron chi connectivity index (χ1n) is 10.1. The van der Waals surface area contributed by atoms with E-state index in [1.165, 1.54) is 0 Å². The number of hydrogen-bond donors (Lipinski definition) is 3. The highest BCUT2D eigenvalue weighted by atomic mass is 16.2. The van der Waals surface area contributed by atoms with E-state index in [9.17, 15) is 9.59 Å². The number of likely N-dealkylation sites (N-methyl/N-ethyl adjacent to an activating group) is 1. The fraction of sp³-hybridized carbons (Fsp3) is 0.409. The molecule has 0 aliphatic carbocycles. The van der Waals surface area contributed by atoms with E-state index in [-0.39, 0.29) is 17.5 Å². The number of piperidine rings is 1. The Morgan fingerprint density at radius 1 is 1.38 bits per heavy atom. The number of hydrogen-bond acceptors (Lipinski definition) is 5. The van der Waals surface area contributed by atoms with Crippen molar-refractivity contribution < 1.29 is 4.79 Å². The maximum Gasteiger partial charge on any atom is 0.271 e. The van der Waals surface area contributed by atoms with Gasteiger partial charge >= 0.3 is 0 Å². The Morgan fingerprint density at radius 3 is 3.03 bits per heavy atom. The molecule has 1 saturated heterocycles. The fourth-order valence-corrected chi connectivity index (χ4v) is 3.51. The predicted octanol–water partition coefficient (Wildman–Crippen LogP) is 2.18. The first kappa shape index (κ1) is 20.8. The average Bonchev–Trinajstić information content (AvgIpc) is 2.75. The van der Waals surface area contributed by atoms with Crippen LogP contribution in [0.1, 0.15) is 25.5 Å². The summed E-state index contributed by atoms with van der Waals surface area (Å²) in [5.74, 6) is 0.0123. The molecule has 0 radical (unpaired) electrons. The van der Waals surface area contributed by atoms with Crippen molar-refractivity contribution in [3.63, 3.8) is 0 Å². The van der Waals surface area contributed by atoms with Gasteiger partial charge in [0.05, 0.1) is 0 Å². The first-order chi connectivity index (χ1) is 14.1. The van der Waals surface area contributed by atoms with Crippen molar-refractivity contribution in [3.05, 3.63) is 58.8 Å². The number of likely N-dealkylation sites (tertiary alicyclic amines) is 1. The number of carbonyl (C=O) groups excluding carboxylic acids is 1. The monoisotopic (exact) mass is 395 g/mol. The number of aryl methyl sites for hydroxylation is 1. The number of aromatic amines is 1. The number of pyridine rings is 2. The second-order valence-electron chi connectivity index (χ2n) is 7.25. The lowest BCUT2D eigenvalue weighted by atomic mass is 10.0. The minimum absolute atomic E-state index is 0.0123. The molecule has 0 saturated carbocycles. The van der Waals surface area contributed by atoms with E-state index in [0.717, 1.165) is 42.6 Å². The van der Waals surface area contributed by atoms with Crippen LogP contribution >= 0.6 is 0 Å². The molecule has 1 atom stereocenters. The summed E-state index contributed by atoms with van der Waals surface area (Å²) in [6, 6.07) is 5.90. The van der Waals surface area contributed by atoms with Gasteiger partial charge in [-0.15, -0.1) is 0 Å². The third kappa shape index (κ3) is 5.54. The summed E-state index contributed by atoms with van der Waals surface area (Å²) in [6.07, 6.45) is 9.64. The van der Waals surface area contributed by atoms with Crippen LogP contribution in [-0.4, -0.2) is 53.5 Å². The summed E-state index contributed by atoms with van der Waals surface area (Å²) >= 11 is 0. The molecule has 1 aliphatic heterocycles. The van der Waals surface area contributed by atoms with E-state index < -0.39 is 0 Å². The Labute approximate surface area is 171 Å². The molecule has 7 nitrogen and oxygen atoms in total. The molecule has 7 heteroatoms. The third-order valence-electron chi connectivity index (χ3n) is 5.09. The summed E-state index contributed by atoms with van der Waals surface area (Å²) in [7, 11) is 1.84. The quantitative estimate of drug-likeness (QED) is 0.625. The van der Waals surface area contributed by atoms with E-state index in [4.69, 9.17) is 0 Å². The molecule has 1 fully saturated rings. The number of H-pyrrole nitrogens is 1. The highest BCUT2D eigenvalue weighted by Gasteiger charge is 2.23. The highest BCUT2D eigenvalue weighted by Crippen LogP contribution is 2.22. The summed E-state index contributed by atoms with van der Waals surface area (Å²) in [4.78, 5) is 33.7. The SMILES string of the molecule is CCc1cc(-c2c[nH]c(=O)c(N[C@@H]3CCCN(C(=O)/C=C/CNC)C3)c2)ccn1. The smallest absolute Gasteiger partial charge is 0.271 e. The molecule has 1 aliphatic rings. The molecule has 0 unspecified atom stereocenters. The molecular formula is C22H29N5O2. The maximum atomic E-state index is 12.4. The van der Waals surface area contributed by atoms with Gasteiger partial charge < -0.3 is 20.5 Å². The Hall–Kier alpha value is -2.93. The number of anilines is 1. The van der Waals surface area contributed by atoms with Gasteiger partial charge in [-0.05, 0) is 50.1 Å². The third-order valence-corrected chi connectivity index (χ3v) is 5.09. The van der Waals surface area contributed by atoms with Crippen LogP contribution in [0.4, 0.5) is 5.69 Å². The molecule has 3 N–H and O–H groups in total. The Morgan fingerprint density at radius 2 is 2.24 bits per heavy atom. The molecule has 0 bridgehead atoms. The van der Waals surface area contributed by atoms with Crippen molar-refractivity contribution >= 4 is 11.6 Å². The van der Waals surface area contributed by atoms with Crippen molar-refractivity contribution in [3.8, 4) is 11.1 Å². The number of nitrogens with one attached hydrogen (secondary N) is 3. The average molecular weight is 396 g/mol. The summed E-state index contributed by atoms with van der Waals surface area (Å²) in [5, 5.41) is 6.34. The van der Waals surface area contributed by atoms with Gasteiger partial charge in [-0.25, -0.2) is 0 Å². The van der Waals surface area contributed by atoms with Gasteiger partial charge in [-0.2, -0.15) is 0 Å². The van der Waals surface area contributed by atoms with Gasteiger partial charge in [0.25, 0.3) is 5.56 Å². The normalized spacial score (nSPS) is 16.9. The number of carbonyl (C=O) groups is 1. The first-order valence-corrected chi connectivity index (χ1v) is 10.1. The van der Waals surface area contributed by atoms with Crippen LogP contribution in [-0.2, 0) is 11.2 Å². The molecule has 3 heterocycles. The standard InChI is InChI=1S/C22H29N5O2/c1-3-18-12-16(8-10-24-18)17-13-20(22(29)25-14-17)26-19-6-5-11-27(15-19)21(28)7-4-9-23-2/h4,7-8,10,12-14,19,23,26H,3,5-6,9,11,15H2,1-2H3,(H,25,29)/b7-4+/t19-/m1/s1. The second-order valence-corrected chi connectivity index (χ2v) is 7.25. The zero-order chi connectivity index (χ0) is 20.6. The van der Waals surface area contributed by atoms with Crippen LogP contribution in [0.5, 0.6) is 0 Å². The van der Waals surface area contributed by atoms with Crippen LogP contribution in [0.3, 0.4) is 0 Å². The van der Waals surface area contributed by atoms with Crippen molar-refractivity contribution in [2.45, 2.75) is 32.2 Å².